The molecule has 1 saturated heterocycles. The van der Waals surface area contributed by atoms with Gasteiger partial charge in [-0.05, 0) is 42.0 Å². The number of rotatable bonds is 7. The fraction of sp³-hybridized carbons (Fsp3) is 0.611. The first-order valence-electron chi connectivity index (χ1n) is 8.55. The highest BCUT2D eigenvalue weighted by molar-refractivity contribution is 5.94. The van der Waals surface area contributed by atoms with E-state index in [2.05, 4.69) is 10.2 Å². The van der Waals surface area contributed by atoms with Gasteiger partial charge in [-0.3, -0.25) is 9.69 Å². The molecular formula is C18H24F2N2O2. The number of carbonyl (C=O) groups is 1. The molecule has 0 radical (unpaired) electrons. The van der Waals surface area contributed by atoms with Gasteiger partial charge in [0.25, 0.3) is 5.91 Å². The lowest BCUT2D eigenvalue weighted by Gasteiger charge is -2.42. The van der Waals surface area contributed by atoms with E-state index in [1.54, 1.807) is 6.07 Å². The lowest BCUT2D eigenvalue weighted by molar-refractivity contribution is -0.00953. The summed E-state index contributed by atoms with van der Waals surface area (Å²) in [7, 11) is 0. The Morgan fingerprint density at radius 3 is 2.50 bits per heavy atom. The van der Waals surface area contributed by atoms with Crippen LogP contribution in [0.2, 0.25) is 0 Å². The number of benzene rings is 1. The summed E-state index contributed by atoms with van der Waals surface area (Å²) in [5.41, 5.74) is 0.892. The Hall–Kier alpha value is -1.53. The summed E-state index contributed by atoms with van der Waals surface area (Å²) < 4.78 is 25.8. The molecule has 2 N–H and O–H groups in total. The summed E-state index contributed by atoms with van der Waals surface area (Å²) in [6.45, 7) is 0.514. The summed E-state index contributed by atoms with van der Waals surface area (Å²) in [5, 5.41) is 12.5. The van der Waals surface area contributed by atoms with Crippen molar-refractivity contribution in [3.8, 4) is 0 Å². The summed E-state index contributed by atoms with van der Waals surface area (Å²) in [4.78, 5) is 14.7. The van der Waals surface area contributed by atoms with E-state index in [0.717, 1.165) is 19.4 Å². The molecule has 24 heavy (non-hydrogen) atoms. The molecule has 1 atom stereocenters. The first-order chi connectivity index (χ1) is 11.6. The predicted octanol–water partition coefficient (Wildman–Crippen LogP) is 2.20. The van der Waals surface area contributed by atoms with E-state index in [0.29, 0.717) is 30.1 Å². The van der Waals surface area contributed by atoms with Crippen molar-refractivity contribution in [1.82, 2.24) is 10.2 Å². The number of carbonyl (C=O) groups excluding carboxylic acids is 1. The number of aliphatic hydroxyl groups excluding tert-OH is 1. The van der Waals surface area contributed by atoms with Crippen LogP contribution in [-0.4, -0.2) is 47.7 Å². The topological polar surface area (TPSA) is 52.6 Å². The maximum Gasteiger partial charge on any atom is 0.251 e. The number of nitrogens with zero attached hydrogens (tertiary/aromatic N) is 1. The van der Waals surface area contributed by atoms with Crippen LogP contribution in [0.3, 0.4) is 0 Å². The van der Waals surface area contributed by atoms with E-state index < -0.39 is 13.3 Å². The lowest BCUT2D eigenvalue weighted by Crippen LogP contribution is -2.57. The van der Waals surface area contributed by atoms with Crippen LogP contribution in [0.4, 0.5) is 8.78 Å². The smallest absolute Gasteiger partial charge is 0.251 e. The van der Waals surface area contributed by atoms with Crippen LogP contribution in [0.1, 0.15) is 40.7 Å². The Kier molecular flexibility index (Phi) is 5.46. The molecule has 0 spiro atoms. The average molecular weight is 338 g/mol. The maximum atomic E-state index is 13.0. The number of nitrogens with one attached hydrogen (secondary N) is 1. The molecule has 0 aromatic heterocycles. The Morgan fingerprint density at radius 1 is 1.25 bits per heavy atom. The van der Waals surface area contributed by atoms with E-state index in [1.165, 1.54) is 18.6 Å². The number of amides is 1. The van der Waals surface area contributed by atoms with E-state index in [1.807, 2.05) is 0 Å². The minimum Gasteiger partial charge on any atom is -0.390 e. The van der Waals surface area contributed by atoms with Gasteiger partial charge in [0.1, 0.15) is 13.3 Å². The van der Waals surface area contributed by atoms with E-state index >= 15 is 0 Å². The van der Waals surface area contributed by atoms with E-state index in [9.17, 15) is 18.7 Å². The third-order valence-electron chi connectivity index (χ3n) is 5.18. The maximum absolute atomic E-state index is 13.0. The highest BCUT2D eigenvalue weighted by Gasteiger charge is 2.33. The number of hydrogen-bond donors (Lipinski definition) is 2. The molecule has 1 aliphatic carbocycles. The minimum absolute atomic E-state index is 0.0356. The van der Waals surface area contributed by atoms with Crippen molar-refractivity contribution in [3.63, 3.8) is 0 Å². The number of hydrogen-bond acceptors (Lipinski definition) is 3. The third kappa shape index (κ3) is 3.75. The molecule has 1 heterocycles. The Bertz CT molecular complexity index is 586. The van der Waals surface area contributed by atoms with Gasteiger partial charge in [-0.2, -0.15) is 0 Å². The van der Waals surface area contributed by atoms with Crippen LogP contribution in [0.25, 0.3) is 0 Å². The molecule has 2 fully saturated rings. The zero-order valence-electron chi connectivity index (χ0n) is 13.7. The number of aliphatic hydroxyl groups is 1. The molecule has 1 aromatic rings. The zero-order chi connectivity index (χ0) is 17.1. The van der Waals surface area contributed by atoms with Crippen molar-refractivity contribution < 1.29 is 18.7 Å². The molecule has 6 heteroatoms. The zero-order valence-corrected chi connectivity index (χ0v) is 13.7. The van der Waals surface area contributed by atoms with E-state index in [4.69, 9.17) is 0 Å². The molecule has 1 unspecified atom stereocenters. The van der Waals surface area contributed by atoms with Crippen LogP contribution >= 0.6 is 0 Å². The Morgan fingerprint density at radius 2 is 1.96 bits per heavy atom. The average Bonchev–Trinajstić information content (AvgIpc) is 2.50. The molecular weight excluding hydrogens is 314 g/mol. The van der Waals surface area contributed by atoms with Gasteiger partial charge in [0.05, 0.1) is 6.10 Å². The second-order valence-corrected chi connectivity index (χ2v) is 6.89. The number of β-amino-alcohol motifs (C(OH)–C–C–N with tert-alkyl or cyclic N) is 1. The Labute approximate surface area is 140 Å². The summed E-state index contributed by atoms with van der Waals surface area (Å²) in [6, 6.07) is 4.51. The fourth-order valence-corrected chi connectivity index (χ4v) is 3.40. The van der Waals surface area contributed by atoms with Crippen molar-refractivity contribution in [2.75, 3.05) is 19.6 Å². The van der Waals surface area contributed by atoms with Crippen LogP contribution in [-0.2, 0) is 13.3 Å². The van der Waals surface area contributed by atoms with Crippen LogP contribution in [0.15, 0.2) is 18.2 Å². The minimum atomic E-state index is -0.780. The van der Waals surface area contributed by atoms with E-state index in [-0.39, 0.29) is 23.6 Å². The fourth-order valence-electron chi connectivity index (χ4n) is 3.40. The van der Waals surface area contributed by atoms with Crippen molar-refractivity contribution in [2.45, 2.75) is 44.8 Å². The first kappa shape index (κ1) is 17.3. The summed E-state index contributed by atoms with van der Waals surface area (Å²) >= 11 is 0. The molecule has 0 bridgehead atoms. The Balaban J connectivity index is 1.66. The molecule has 132 valence electrons. The van der Waals surface area contributed by atoms with Gasteiger partial charge in [-0.25, -0.2) is 8.78 Å². The van der Waals surface area contributed by atoms with Crippen LogP contribution < -0.4 is 5.32 Å². The largest absolute Gasteiger partial charge is 0.390 e. The van der Waals surface area contributed by atoms with Gasteiger partial charge < -0.3 is 10.4 Å². The van der Waals surface area contributed by atoms with Crippen molar-refractivity contribution in [3.05, 3.63) is 34.9 Å². The van der Waals surface area contributed by atoms with Crippen LogP contribution in [0, 0.1) is 5.92 Å². The highest BCUT2D eigenvalue weighted by Crippen LogP contribution is 2.31. The molecule has 3 rings (SSSR count). The van der Waals surface area contributed by atoms with Crippen molar-refractivity contribution in [1.29, 1.82) is 0 Å². The second-order valence-electron chi connectivity index (χ2n) is 6.89. The summed E-state index contributed by atoms with van der Waals surface area (Å²) in [6.07, 6.45) is 3.11. The van der Waals surface area contributed by atoms with Gasteiger partial charge in [0.15, 0.2) is 0 Å². The first-order valence-corrected chi connectivity index (χ1v) is 8.55. The predicted molar refractivity (Wildman–Crippen MR) is 87.1 cm³/mol. The quantitative estimate of drug-likeness (QED) is 0.801. The monoisotopic (exact) mass is 338 g/mol. The van der Waals surface area contributed by atoms with Crippen molar-refractivity contribution >= 4 is 5.91 Å². The molecule has 1 aliphatic heterocycles. The molecule has 1 saturated carbocycles. The summed E-state index contributed by atoms with van der Waals surface area (Å²) in [5.74, 6) is 0.213. The second kappa shape index (κ2) is 7.57. The standard InChI is InChI=1S/C18H24F2N2O2/c19-7-14-5-4-13(6-15(14)8-20)18(24)21-17(12-2-1-3-12)11-22-9-16(23)10-22/h4-6,12,16-17,23H,1-3,7-11H2,(H,21,24). The van der Waals surface area contributed by atoms with Gasteiger partial charge in [0.2, 0.25) is 0 Å². The lowest BCUT2D eigenvalue weighted by atomic mass is 9.79. The number of halogens is 2. The molecule has 4 nitrogen and oxygen atoms in total. The SMILES string of the molecule is O=C(NC(CN1CC(O)C1)C1CCC1)c1ccc(CF)c(CF)c1. The van der Waals surface area contributed by atoms with Gasteiger partial charge in [-0.15, -0.1) is 0 Å². The highest BCUT2D eigenvalue weighted by atomic mass is 19.1. The van der Waals surface area contributed by atoms with Gasteiger partial charge in [0, 0.05) is 31.2 Å². The third-order valence-corrected chi connectivity index (χ3v) is 5.18. The van der Waals surface area contributed by atoms with Crippen molar-refractivity contribution in [2.24, 2.45) is 5.92 Å². The molecule has 2 aliphatic rings. The molecule has 1 aromatic carbocycles. The van der Waals surface area contributed by atoms with Gasteiger partial charge in [-0.1, -0.05) is 12.5 Å². The number of alkyl halides is 2. The normalized spacial score (nSPS) is 20.3. The van der Waals surface area contributed by atoms with Gasteiger partial charge >= 0.3 is 0 Å². The number of likely N-dealkylation sites (tertiary alicyclic amines) is 1. The molecule has 1 amide bonds. The van der Waals surface area contributed by atoms with Crippen LogP contribution in [0.5, 0.6) is 0 Å².